The van der Waals surface area contributed by atoms with Crippen LogP contribution in [0.25, 0.3) is 0 Å². The van der Waals surface area contributed by atoms with Crippen LogP contribution in [0.5, 0.6) is 0 Å². The minimum absolute atomic E-state index is 0.248. The molecule has 0 aromatic carbocycles. The summed E-state index contributed by atoms with van der Waals surface area (Å²) in [6.45, 7) is 7.63. The van der Waals surface area contributed by atoms with Crippen LogP contribution in [-0.2, 0) is 14.3 Å². The molecule has 0 saturated heterocycles. The molecule has 0 fully saturated rings. The minimum Gasteiger partial charge on any atom is -0.461 e. The molecule has 4 heteroatoms. The highest BCUT2D eigenvalue weighted by Crippen LogP contribution is 2.00. The summed E-state index contributed by atoms with van der Waals surface area (Å²) in [7, 11) is 3.78. The van der Waals surface area contributed by atoms with Crippen molar-refractivity contribution in [2.75, 3.05) is 27.2 Å². The van der Waals surface area contributed by atoms with Gasteiger partial charge in [-0.2, -0.15) is 0 Å². The smallest absolute Gasteiger partial charge is 0.333 e. The Morgan fingerprint density at radius 1 is 1.31 bits per heavy atom. The third kappa shape index (κ3) is 6.14. The van der Waals surface area contributed by atoms with Crippen LogP contribution in [0, 0.1) is 0 Å². The van der Waals surface area contributed by atoms with Gasteiger partial charge < -0.3 is 9.64 Å². The van der Waals surface area contributed by atoms with Crippen molar-refractivity contribution in [3.8, 4) is 0 Å². The molecule has 0 N–H and O–H groups in total. The molecule has 0 aliphatic carbocycles. The molecule has 0 aromatic heterocycles. The van der Waals surface area contributed by atoms with Crippen LogP contribution in [0.4, 0.5) is 0 Å². The molecular weight excluding hydrogens is 206 g/mol. The molecule has 0 amide bonds. The van der Waals surface area contributed by atoms with Crippen LogP contribution in [-0.4, -0.2) is 43.9 Å². The fraction of sp³-hybridized carbons (Fsp3) is 0.500. The summed E-state index contributed by atoms with van der Waals surface area (Å²) >= 11 is 0. The van der Waals surface area contributed by atoms with Gasteiger partial charge in [-0.25, -0.2) is 4.79 Å². The first kappa shape index (κ1) is 14.6. The maximum absolute atomic E-state index is 11.4. The van der Waals surface area contributed by atoms with E-state index in [0.717, 1.165) is 0 Å². The van der Waals surface area contributed by atoms with Gasteiger partial charge in [0.2, 0.25) is 0 Å². The van der Waals surface area contributed by atoms with Crippen LogP contribution in [0.3, 0.4) is 0 Å². The van der Waals surface area contributed by atoms with Crippen LogP contribution in [0.2, 0.25) is 0 Å². The van der Waals surface area contributed by atoms with Crippen molar-refractivity contribution in [3.63, 3.8) is 0 Å². The lowest BCUT2D eigenvalue weighted by Crippen LogP contribution is -2.20. The monoisotopic (exact) mass is 225 g/mol. The summed E-state index contributed by atoms with van der Waals surface area (Å²) in [5.74, 6) is -0.710. The van der Waals surface area contributed by atoms with Gasteiger partial charge >= 0.3 is 5.97 Å². The zero-order valence-corrected chi connectivity index (χ0v) is 10.4. The normalized spacial score (nSPS) is 11.4. The van der Waals surface area contributed by atoms with Gasteiger partial charge in [0.05, 0.1) is 0 Å². The lowest BCUT2D eigenvalue weighted by molar-refractivity contribution is -0.139. The standard InChI is InChI=1S/C12H19NO3/c1-9(2)11(14)8-10(3)12(15)16-7-6-13(4)5/h8H,1,6-7H2,2-5H3. The van der Waals surface area contributed by atoms with Gasteiger partial charge in [0.25, 0.3) is 0 Å². The maximum Gasteiger partial charge on any atom is 0.333 e. The Hall–Kier alpha value is -1.42. The van der Waals surface area contributed by atoms with Crippen molar-refractivity contribution in [1.82, 2.24) is 4.90 Å². The van der Waals surface area contributed by atoms with E-state index in [1.165, 1.54) is 6.08 Å². The second-order valence-corrected chi connectivity index (χ2v) is 3.91. The molecule has 16 heavy (non-hydrogen) atoms. The largest absolute Gasteiger partial charge is 0.461 e. The van der Waals surface area contributed by atoms with E-state index in [-0.39, 0.29) is 5.78 Å². The van der Waals surface area contributed by atoms with Crippen LogP contribution < -0.4 is 0 Å². The number of ether oxygens (including phenoxy) is 1. The Morgan fingerprint density at radius 2 is 1.88 bits per heavy atom. The van der Waals surface area contributed by atoms with Gasteiger partial charge in [-0.15, -0.1) is 0 Å². The number of esters is 1. The van der Waals surface area contributed by atoms with E-state index in [1.54, 1.807) is 13.8 Å². The van der Waals surface area contributed by atoms with Gasteiger partial charge in [0.15, 0.2) is 5.78 Å². The number of hydrogen-bond donors (Lipinski definition) is 0. The van der Waals surface area contributed by atoms with Gasteiger partial charge in [0, 0.05) is 12.1 Å². The van der Waals surface area contributed by atoms with Gasteiger partial charge in [-0.3, -0.25) is 4.79 Å². The first-order valence-electron chi connectivity index (χ1n) is 5.04. The molecule has 0 aromatic rings. The Kier molecular flexibility index (Phi) is 6.34. The molecule has 4 nitrogen and oxygen atoms in total. The predicted octanol–water partition coefficient (Wildman–Crippen LogP) is 1.18. The maximum atomic E-state index is 11.4. The summed E-state index contributed by atoms with van der Waals surface area (Å²) in [5, 5.41) is 0. The van der Waals surface area contributed by atoms with E-state index in [1.807, 2.05) is 19.0 Å². The van der Waals surface area contributed by atoms with Gasteiger partial charge in [-0.1, -0.05) is 6.58 Å². The van der Waals surface area contributed by atoms with E-state index in [0.29, 0.717) is 24.3 Å². The van der Waals surface area contributed by atoms with E-state index in [4.69, 9.17) is 4.74 Å². The molecule has 0 atom stereocenters. The van der Waals surface area contributed by atoms with Crippen molar-refractivity contribution in [2.45, 2.75) is 13.8 Å². The number of carbonyl (C=O) groups is 2. The molecule has 0 heterocycles. The van der Waals surface area contributed by atoms with Crippen molar-refractivity contribution in [3.05, 3.63) is 23.8 Å². The summed E-state index contributed by atoms with van der Waals surface area (Å²) in [5.41, 5.74) is 0.701. The highest BCUT2D eigenvalue weighted by atomic mass is 16.5. The average Bonchev–Trinajstić information content (AvgIpc) is 2.16. The second kappa shape index (κ2) is 6.95. The molecule has 0 saturated carbocycles. The highest BCUT2D eigenvalue weighted by Gasteiger charge is 2.08. The van der Waals surface area contributed by atoms with E-state index in [2.05, 4.69) is 6.58 Å². The number of rotatable bonds is 6. The number of allylic oxidation sites excluding steroid dienone is 2. The molecule has 0 bridgehead atoms. The first-order chi connectivity index (χ1) is 7.34. The quantitative estimate of drug-likeness (QED) is 0.503. The Morgan fingerprint density at radius 3 is 2.31 bits per heavy atom. The predicted molar refractivity (Wildman–Crippen MR) is 63.1 cm³/mol. The van der Waals surface area contributed by atoms with Crippen molar-refractivity contribution in [2.24, 2.45) is 0 Å². The Bertz CT molecular complexity index is 316. The number of hydrogen-bond acceptors (Lipinski definition) is 4. The summed E-state index contributed by atoms with van der Waals surface area (Å²) in [4.78, 5) is 24.5. The average molecular weight is 225 g/mol. The Labute approximate surface area is 96.6 Å². The molecule has 0 unspecified atom stereocenters. The first-order valence-corrected chi connectivity index (χ1v) is 5.04. The lowest BCUT2D eigenvalue weighted by atomic mass is 10.1. The molecule has 0 aliphatic rings. The topological polar surface area (TPSA) is 46.6 Å². The van der Waals surface area contributed by atoms with Crippen molar-refractivity contribution < 1.29 is 14.3 Å². The number of nitrogens with zero attached hydrogens (tertiary/aromatic N) is 1. The summed E-state index contributed by atoms with van der Waals surface area (Å²) in [6.07, 6.45) is 1.25. The zero-order chi connectivity index (χ0) is 12.7. The third-order valence-electron chi connectivity index (χ3n) is 1.86. The number of ketones is 1. The van der Waals surface area contributed by atoms with E-state index >= 15 is 0 Å². The van der Waals surface area contributed by atoms with Crippen LogP contribution in [0.1, 0.15) is 13.8 Å². The third-order valence-corrected chi connectivity index (χ3v) is 1.86. The Balaban J connectivity index is 4.18. The molecule has 0 spiro atoms. The van der Waals surface area contributed by atoms with Gasteiger partial charge in [0.1, 0.15) is 6.61 Å². The van der Waals surface area contributed by atoms with Crippen LogP contribution in [0.15, 0.2) is 23.8 Å². The van der Waals surface area contributed by atoms with Crippen molar-refractivity contribution >= 4 is 11.8 Å². The number of carbonyl (C=O) groups excluding carboxylic acids is 2. The fourth-order valence-corrected chi connectivity index (χ4v) is 0.814. The zero-order valence-electron chi connectivity index (χ0n) is 10.4. The summed E-state index contributed by atoms with van der Waals surface area (Å²) in [6, 6.07) is 0. The van der Waals surface area contributed by atoms with E-state index in [9.17, 15) is 9.59 Å². The fourth-order valence-electron chi connectivity index (χ4n) is 0.814. The van der Waals surface area contributed by atoms with Crippen molar-refractivity contribution in [1.29, 1.82) is 0 Å². The highest BCUT2D eigenvalue weighted by molar-refractivity contribution is 6.07. The van der Waals surface area contributed by atoms with E-state index < -0.39 is 5.97 Å². The minimum atomic E-state index is -0.462. The molecule has 90 valence electrons. The van der Waals surface area contributed by atoms with Gasteiger partial charge in [-0.05, 0) is 39.6 Å². The molecule has 0 aliphatic heterocycles. The molecular formula is C12H19NO3. The SMILES string of the molecule is C=C(C)C(=O)C=C(C)C(=O)OCCN(C)C. The molecule has 0 rings (SSSR count). The number of likely N-dealkylation sites (N-methyl/N-ethyl adjacent to an activating group) is 1. The van der Waals surface area contributed by atoms with Crippen LogP contribution >= 0.6 is 0 Å². The lowest BCUT2D eigenvalue weighted by Gasteiger charge is -2.09. The summed E-state index contributed by atoms with van der Waals surface area (Å²) < 4.78 is 4.96. The molecule has 0 radical (unpaired) electrons. The second-order valence-electron chi connectivity index (χ2n) is 3.91.